The van der Waals surface area contributed by atoms with Crippen LogP contribution in [-0.4, -0.2) is 64.5 Å². The summed E-state index contributed by atoms with van der Waals surface area (Å²) in [6, 6.07) is 28.3. The van der Waals surface area contributed by atoms with Crippen LogP contribution in [0.1, 0.15) is 56.7 Å². The molecule has 3 amide bonds. The first-order chi connectivity index (χ1) is 21.7. The number of aliphatic hydroxyl groups is 1. The van der Waals surface area contributed by atoms with E-state index in [0.29, 0.717) is 45.2 Å². The smallest absolute Gasteiger partial charge is 0.249 e. The number of nitrogens with zero attached hydrogens (tertiary/aromatic N) is 1. The number of hydrogen-bond acceptors (Lipinski definition) is 5. The van der Waals surface area contributed by atoms with Crippen molar-refractivity contribution >= 4 is 17.7 Å². The van der Waals surface area contributed by atoms with Crippen LogP contribution in [0.3, 0.4) is 0 Å². The summed E-state index contributed by atoms with van der Waals surface area (Å²) < 4.78 is 0. The van der Waals surface area contributed by atoms with E-state index in [2.05, 4.69) is 16.0 Å². The molecule has 4 N–H and O–H groups in total. The van der Waals surface area contributed by atoms with Gasteiger partial charge in [0.05, 0.1) is 12.1 Å². The molecule has 1 heterocycles. The highest BCUT2D eigenvalue weighted by Crippen LogP contribution is 2.32. The first-order valence-electron chi connectivity index (χ1n) is 16.1. The molecule has 45 heavy (non-hydrogen) atoms. The molecule has 0 aromatic heterocycles. The van der Waals surface area contributed by atoms with Crippen LogP contribution in [-0.2, 0) is 33.8 Å². The van der Waals surface area contributed by atoms with Gasteiger partial charge in [0.25, 0.3) is 0 Å². The molecular formula is C37H48N4O4. The molecule has 8 nitrogen and oxygen atoms in total. The highest BCUT2D eigenvalue weighted by atomic mass is 16.3. The Bertz CT molecular complexity index is 1370. The zero-order chi connectivity index (χ0) is 32.2. The average Bonchev–Trinajstić information content (AvgIpc) is 3.31. The van der Waals surface area contributed by atoms with Crippen LogP contribution in [0.25, 0.3) is 0 Å². The van der Waals surface area contributed by atoms with E-state index in [9.17, 15) is 19.5 Å². The van der Waals surface area contributed by atoms with Crippen LogP contribution in [0.5, 0.6) is 0 Å². The minimum atomic E-state index is -1.03. The zero-order valence-corrected chi connectivity index (χ0v) is 26.7. The van der Waals surface area contributed by atoms with Crippen LogP contribution in [0.2, 0.25) is 0 Å². The Morgan fingerprint density at radius 2 is 1.47 bits per heavy atom. The predicted molar refractivity (Wildman–Crippen MR) is 177 cm³/mol. The van der Waals surface area contributed by atoms with Gasteiger partial charge in [-0.1, -0.05) is 105 Å². The van der Waals surface area contributed by atoms with Crippen LogP contribution in [0.4, 0.5) is 0 Å². The van der Waals surface area contributed by atoms with Gasteiger partial charge < -0.3 is 26.0 Å². The van der Waals surface area contributed by atoms with E-state index in [0.717, 1.165) is 16.7 Å². The SMILES string of the molecule is CC(=O)N[C@@]1(CC(C)C)CCN([C@H](CCc2ccccc2)C(=O)N[C@@H](Cc2ccccc2)C(O)CNCc2ccccc2)C1=O. The van der Waals surface area contributed by atoms with Crippen molar-refractivity contribution in [1.29, 1.82) is 0 Å². The van der Waals surface area contributed by atoms with E-state index < -0.39 is 23.7 Å². The van der Waals surface area contributed by atoms with E-state index in [1.807, 2.05) is 105 Å². The largest absolute Gasteiger partial charge is 0.390 e. The highest BCUT2D eigenvalue weighted by Gasteiger charge is 2.50. The summed E-state index contributed by atoms with van der Waals surface area (Å²) in [6.07, 6.45) is 1.52. The lowest BCUT2D eigenvalue weighted by Gasteiger charge is -2.34. The van der Waals surface area contributed by atoms with Crippen LogP contribution in [0.15, 0.2) is 91.0 Å². The van der Waals surface area contributed by atoms with Crippen molar-refractivity contribution < 1.29 is 19.5 Å². The molecule has 1 fully saturated rings. The predicted octanol–water partition coefficient (Wildman–Crippen LogP) is 4.02. The molecule has 4 atom stereocenters. The van der Waals surface area contributed by atoms with Gasteiger partial charge >= 0.3 is 0 Å². The topological polar surface area (TPSA) is 111 Å². The van der Waals surface area contributed by atoms with Crippen molar-refractivity contribution in [2.45, 2.75) is 83.1 Å². The molecule has 0 spiro atoms. The average molecular weight is 613 g/mol. The Labute approximate surface area is 267 Å². The van der Waals surface area contributed by atoms with Crippen molar-refractivity contribution in [2.24, 2.45) is 5.92 Å². The Kier molecular flexibility index (Phi) is 12.3. The fourth-order valence-electron chi connectivity index (χ4n) is 6.39. The summed E-state index contributed by atoms with van der Waals surface area (Å²) in [5, 5.41) is 20.8. The standard InChI is InChI=1S/C37H48N4O4/c1-27(2)24-37(40-28(3)42)21-22-41(36(37)45)33(20-19-29-13-7-4-8-14-29)35(44)39-32(23-30-15-9-5-10-16-30)34(43)26-38-25-31-17-11-6-12-18-31/h4-18,27,32-34,38,43H,19-26H2,1-3H3,(H,39,44)(H,40,42)/t32-,33+,34?,37+/m0/s1. The van der Waals surface area contributed by atoms with E-state index >= 15 is 0 Å². The zero-order valence-electron chi connectivity index (χ0n) is 26.7. The normalized spacial score (nSPS) is 18.4. The third-order valence-corrected chi connectivity index (χ3v) is 8.47. The van der Waals surface area contributed by atoms with E-state index in [-0.39, 0.29) is 30.2 Å². The summed E-state index contributed by atoms with van der Waals surface area (Å²) in [5.41, 5.74) is 2.13. The van der Waals surface area contributed by atoms with Gasteiger partial charge in [-0.05, 0) is 54.7 Å². The minimum Gasteiger partial charge on any atom is -0.390 e. The molecule has 1 aliphatic rings. The van der Waals surface area contributed by atoms with Gasteiger partial charge in [-0.15, -0.1) is 0 Å². The van der Waals surface area contributed by atoms with Gasteiger partial charge in [0.2, 0.25) is 17.7 Å². The summed E-state index contributed by atoms with van der Waals surface area (Å²) in [7, 11) is 0. The molecule has 240 valence electrons. The first-order valence-corrected chi connectivity index (χ1v) is 16.1. The minimum absolute atomic E-state index is 0.172. The number of carbonyl (C=O) groups excluding carboxylic acids is 3. The molecule has 3 aromatic carbocycles. The van der Waals surface area contributed by atoms with E-state index in [4.69, 9.17) is 0 Å². The fourth-order valence-corrected chi connectivity index (χ4v) is 6.39. The van der Waals surface area contributed by atoms with Crippen LogP contribution >= 0.6 is 0 Å². The number of amides is 3. The maximum atomic E-state index is 14.2. The molecule has 4 rings (SSSR count). The van der Waals surface area contributed by atoms with Crippen molar-refractivity contribution in [2.75, 3.05) is 13.1 Å². The Balaban J connectivity index is 1.56. The number of nitrogens with one attached hydrogen (secondary N) is 3. The van der Waals surface area contributed by atoms with Gasteiger partial charge in [-0.25, -0.2) is 0 Å². The number of benzene rings is 3. The molecule has 0 saturated carbocycles. The number of hydrogen-bond donors (Lipinski definition) is 4. The third-order valence-electron chi connectivity index (χ3n) is 8.47. The summed E-state index contributed by atoms with van der Waals surface area (Å²) >= 11 is 0. The number of likely N-dealkylation sites (tertiary alicyclic amines) is 1. The maximum absolute atomic E-state index is 14.2. The molecule has 1 saturated heterocycles. The van der Waals surface area contributed by atoms with Gasteiger partial charge in [0, 0.05) is 26.6 Å². The second kappa shape index (κ2) is 16.3. The quantitative estimate of drug-likeness (QED) is 0.195. The monoisotopic (exact) mass is 612 g/mol. The fraction of sp³-hybridized carbons (Fsp3) is 0.432. The Hall–Kier alpha value is -4.01. The summed E-state index contributed by atoms with van der Waals surface area (Å²) in [4.78, 5) is 42.2. The van der Waals surface area contributed by atoms with E-state index in [1.54, 1.807) is 4.90 Å². The number of aryl methyl sites for hydroxylation is 1. The van der Waals surface area contributed by atoms with Gasteiger partial charge in [-0.2, -0.15) is 0 Å². The first kappa shape index (κ1) is 33.9. The Morgan fingerprint density at radius 1 is 0.889 bits per heavy atom. The molecule has 0 bridgehead atoms. The second-order valence-electron chi connectivity index (χ2n) is 12.6. The maximum Gasteiger partial charge on any atom is 0.249 e. The number of carbonyl (C=O) groups is 3. The highest BCUT2D eigenvalue weighted by molar-refractivity contribution is 5.96. The lowest BCUT2D eigenvalue weighted by molar-refractivity contribution is -0.143. The van der Waals surface area contributed by atoms with Crippen molar-refractivity contribution in [3.8, 4) is 0 Å². The molecule has 1 unspecified atom stereocenters. The summed E-state index contributed by atoms with van der Waals surface area (Å²) in [5.74, 6) is -0.605. The van der Waals surface area contributed by atoms with Gasteiger partial charge in [0.1, 0.15) is 11.6 Å². The molecular weight excluding hydrogens is 564 g/mol. The Morgan fingerprint density at radius 3 is 2.04 bits per heavy atom. The summed E-state index contributed by atoms with van der Waals surface area (Å²) in [6.45, 7) is 6.72. The number of rotatable bonds is 16. The lowest BCUT2D eigenvalue weighted by atomic mass is 9.87. The second-order valence-corrected chi connectivity index (χ2v) is 12.6. The lowest BCUT2D eigenvalue weighted by Crippen LogP contribution is -2.59. The molecule has 0 aliphatic carbocycles. The molecule has 8 heteroatoms. The number of aliphatic hydroxyl groups excluding tert-OH is 1. The molecule has 0 radical (unpaired) electrons. The van der Waals surface area contributed by atoms with Crippen LogP contribution in [0, 0.1) is 5.92 Å². The molecule has 3 aromatic rings. The van der Waals surface area contributed by atoms with Crippen molar-refractivity contribution in [3.05, 3.63) is 108 Å². The van der Waals surface area contributed by atoms with Crippen molar-refractivity contribution in [3.63, 3.8) is 0 Å². The van der Waals surface area contributed by atoms with Crippen LogP contribution < -0.4 is 16.0 Å². The van der Waals surface area contributed by atoms with Gasteiger partial charge in [0.15, 0.2) is 0 Å². The molecule has 1 aliphatic heterocycles. The van der Waals surface area contributed by atoms with E-state index in [1.165, 1.54) is 6.92 Å². The van der Waals surface area contributed by atoms with Crippen molar-refractivity contribution in [1.82, 2.24) is 20.9 Å². The van der Waals surface area contributed by atoms with Gasteiger partial charge in [-0.3, -0.25) is 14.4 Å². The third kappa shape index (κ3) is 9.74.